The monoisotopic (exact) mass is 370 g/mol. The van der Waals surface area contributed by atoms with Gasteiger partial charge in [-0.05, 0) is 11.1 Å². The van der Waals surface area contributed by atoms with Gasteiger partial charge in [0.2, 0.25) is 0 Å². The first-order valence-corrected chi connectivity index (χ1v) is 8.54. The van der Waals surface area contributed by atoms with Crippen molar-refractivity contribution >= 4 is 34.8 Å². The van der Waals surface area contributed by atoms with Crippen LogP contribution < -0.4 is 0 Å². The number of nitrogens with zero attached hydrogens (tertiary/aromatic N) is 2. The van der Waals surface area contributed by atoms with Gasteiger partial charge in [0.05, 0.1) is 11.1 Å². The number of benzene rings is 2. The van der Waals surface area contributed by atoms with E-state index >= 15 is 0 Å². The lowest BCUT2D eigenvalue weighted by Crippen LogP contribution is -2.29. The van der Waals surface area contributed by atoms with Crippen molar-refractivity contribution in [2.75, 3.05) is 0 Å². The largest absolute Gasteiger partial charge is 0.269 e. The molecule has 0 saturated heterocycles. The van der Waals surface area contributed by atoms with E-state index in [4.69, 9.17) is 0 Å². The number of carbonyl (C=O) groups is 4. The highest BCUT2D eigenvalue weighted by molar-refractivity contribution is 6.35. The lowest BCUT2D eigenvalue weighted by atomic mass is 10.1. The van der Waals surface area contributed by atoms with Crippen molar-refractivity contribution in [1.82, 2.24) is 9.80 Å². The van der Waals surface area contributed by atoms with E-state index in [2.05, 4.69) is 0 Å². The highest BCUT2D eigenvalue weighted by atomic mass is 16.2. The predicted molar refractivity (Wildman–Crippen MR) is 102 cm³/mol. The molecular weight excluding hydrogens is 356 g/mol. The molecule has 6 nitrogen and oxygen atoms in total. The van der Waals surface area contributed by atoms with Crippen LogP contribution >= 0.6 is 0 Å². The number of imide groups is 2. The van der Waals surface area contributed by atoms with Gasteiger partial charge in [-0.15, -0.1) is 0 Å². The second kappa shape index (κ2) is 6.92. The Morgan fingerprint density at radius 3 is 1.25 bits per heavy atom. The molecule has 4 rings (SSSR count). The third-order valence-electron chi connectivity index (χ3n) is 4.44. The summed E-state index contributed by atoms with van der Waals surface area (Å²) >= 11 is 0. The van der Waals surface area contributed by atoms with E-state index in [0.29, 0.717) is 11.1 Å². The normalized spacial score (nSPS) is 17.0. The minimum Gasteiger partial charge on any atom is -0.269 e. The fourth-order valence-corrected chi connectivity index (χ4v) is 3.03. The van der Waals surface area contributed by atoms with E-state index in [9.17, 15) is 19.2 Å². The average Bonchev–Trinajstić information content (AvgIpc) is 3.17. The Morgan fingerprint density at radius 1 is 0.536 bits per heavy atom. The number of amides is 4. The minimum atomic E-state index is -0.532. The predicted octanol–water partition coefficient (Wildman–Crippen LogP) is 2.36. The minimum absolute atomic E-state index is 0.262. The van der Waals surface area contributed by atoms with Crippen LogP contribution in [0.3, 0.4) is 0 Å². The molecule has 28 heavy (non-hydrogen) atoms. The van der Waals surface area contributed by atoms with E-state index in [1.165, 1.54) is 12.2 Å². The second-order valence-corrected chi connectivity index (χ2v) is 6.17. The van der Waals surface area contributed by atoms with Crippen LogP contribution in [0, 0.1) is 0 Å². The lowest BCUT2D eigenvalue weighted by Gasteiger charge is -2.13. The topological polar surface area (TPSA) is 74.8 Å². The zero-order valence-electron chi connectivity index (χ0n) is 14.6. The zero-order chi connectivity index (χ0) is 19.7. The molecule has 0 spiro atoms. The molecule has 0 aliphatic carbocycles. The summed E-state index contributed by atoms with van der Waals surface area (Å²) in [6.45, 7) is 0. The third-order valence-corrected chi connectivity index (χ3v) is 4.44. The standard InChI is InChI=1S/C22H14N2O4/c25-19-13-17(15-7-3-1-4-8-15)21(27)23(19)11-12-24-20(26)14-18(22(24)28)16-9-5-2-6-10-16/h1-14H. The van der Waals surface area contributed by atoms with Gasteiger partial charge in [0, 0.05) is 24.6 Å². The maximum atomic E-state index is 12.6. The maximum Gasteiger partial charge on any atom is 0.265 e. The summed E-state index contributed by atoms with van der Waals surface area (Å²) in [4.78, 5) is 51.3. The van der Waals surface area contributed by atoms with Gasteiger partial charge < -0.3 is 0 Å². The van der Waals surface area contributed by atoms with Gasteiger partial charge in [-0.2, -0.15) is 0 Å². The second-order valence-electron chi connectivity index (χ2n) is 6.17. The molecule has 0 saturated carbocycles. The van der Waals surface area contributed by atoms with Gasteiger partial charge in [-0.1, -0.05) is 60.7 Å². The van der Waals surface area contributed by atoms with Gasteiger partial charge >= 0.3 is 0 Å². The summed E-state index contributed by atoms with van der Waals surface area (Å²) in [7, 11) is 0. The number of carbonyl (C=O) groups excluding carboxylic acids is 4. The molecule has 2 aliphatic rings. The van der Waals surface area contributed by atoms with Crippen molar-refractivity contribution in [2.24, 2.45) is 0 Å². The SMILES string of the molecule is O=C1C=C(c2ccccc2)C(=O)N1C=CN1C(=O)C=C(c2ccccc2)C1=O. The average molecular weight is 370 g/mol. The van der Waals surface area contributed by atoms with Crippen molar-refractivity contribution in [3.63, 3.8) is 0 Å². The van der Waals surface area contributed by atoms with E-state index in [0.717, 1.165) is 22.2 Å². The molecular formula is C22H14N2O4. The summed E-state index contributed by atoms with van der Waals surface area (Å²) < 4.78 is 0. The fourth-order valence-electron chi connectivity index (χ4n) is 3.03. The molecule has 0 bridgehead atoms. The van der Waals surface area contributed by atoms with Crippen LogP contribution in [0.1, 0.15) is 11.1 Å². The van der Waals surface area contributed by atoms with Crippen molar-refractivity contribution < 1.29 is 19.2 Å². The number of hydrogen-bond donors (Lipinski definition) is 0. The Kier molecular flexibility index (Phi) is 4.29. The summed E-state index contributed by atoms with van der Waals surface area (Å²) in [6.07, 6.45) is 4.77. The summed E-state index contributed by atoms with van der Waals surface area (Å²) in [6, 6.07) is 17.6. The summed E-state index contributed by atoms with van der Waals surface area (Å²) in [5.41, 5.74) is 1.77. The summed E-state index contributed by atoms with van der Waals surface area (Å²) in [5, 5.41) is 0. The van der Waals surface area contributed by atoms with Gasteiger partial charge in [0.15, 0.2) is 0 Å². The molecule has 4 amide bonds. The van der Waals surface area contributed by atoms with E-state index in [-0.39, 0.29) is 11.1 Å². The Bertz CT molecular complexity index is 995. The van der Waals surface area contributed by atoms with Crippen molar-refractivity contribution in [3.8, 4) is 0 Å². The number of hydrogen-bond acceptors (Lipinski definition) is 4. The molecule has 0 N–H and O–H groups in total. The molecule has 2 aromatic carbocycles. The molecule has 0 aromatic heterocycles. The Hall–Kier alpha value is -4.06. The molecule has 6 heteroatoms. The lowest BCUT2D eigenvalue weighted by molar-refractivity contribution is -0.136. The molecule has 0 atom stereocenters. The first kappa shape index (κ1) is 17.4. The molecule has 0 fully saturated rings. The van der Waals surface area contributed by atoms with Crippen LogP contribution in [0.25, 0.3) is 11.1 Å². The van der Waals surface area contributed by atoms with Gasteiger partial charge in [-0.25, -0.2) is 9.80 Å². The third kappa shape index (κ3) is 2.97. The maximum absolute atomic E-state index is 12.6. The molecule has 2 heterocycles. The van der Waals surface area contributed by atoms with Gasteiger partial charge in [0.25, 0.3) is 23.6 Å². The van der Waals surface area contributed by atoms with Crippen LogP contribution in [-0.2, 0) is 19.2 Å². The van der Waals surface area contributed by atoms with Crippen LogP contribution in [0.4, 0.5) is 0 Å². The van der Waals surface area contributed by atoms with Crippen LogP contribution in [0.5, 0.6) is 0 Å². The quantitative estimate of drug-likeness (QED) is 0.775. The van der Waals surface area contributed by atoms with Gasteiger partial charge in [-0.3, -0.25) is 19.2 Å². The summed E-state index contributed by atoms with van der Waals surface area (Å²) in [5.74, 6) is -2.09. The van der Waals surface area contributed by atoms with Crippen LogP contribution in [-0.4, -0.2) is 33.4 Å². The van der Waals surface area contributed by atoms with Crippen molar-refractivity contribution in [1.29, 1.82) is 0 Å². The molecule has 0 radical (unpaired) electrons. The number of rotatable bonds is 4. The van der Waals surface area contributed by atoms with E-state index in [1.807, 2.05) is 12.1 Å². The highest BCUT2D eigenvalue weighted by Crippen LogP contribution is 2.26. The molecule has 2 aromatic rings. The van der Waals surface area contributed by atoms with Crippen LogP contribution in [0.15, 0.2) is 85.2 Å². The molecule has 136 valence electrons. The fraction of sp³-hybridized carbons (Fsp3) is 0. The zero-order valence-corrected chi connectivity index (χ0v) is 14.6. The van der Waals surface area contributed by atoms with E-state index < -0.39 is 23.6 Å². The first-order valence-electron chi connectivity index (χ1n) is 8.54. The Labute approximate surface area is 160 Å². The Morgan fingerprint density at radius 2 is 0.893 bits per heavy atom. The first-order chi connectivity index (χ1) is 13.6. The van der Waals surface area contributed by atoms with Crippen LogP contribution in [0.2, 0.25) is 0 Å². The van der Waals surface area contributed by atoms with Crippen molar-refractivity contribution in [3.05, 3.63) is 96.3 Å². The van der Waals surface area contributed by atoms with Gasteiger partial charge in [0.1, 0.15) is 0 Å². The molecule has 0 unspecified atom stereocenters. The molecule has 2 aliphatic heterocycles. The highest BCUT2D eigenvalue weighted by Gasteiger charge is 2.33. The Balaban J connectivity index is 1.53. The van der Waals surface area contributed by atoms with E-state index in [1.54, 1.807) is 48.5 Å². The van der Waals surface area contributed by atoms with Crippen molar-refractivity contribution in [2.45, 2.75) is 0 Å². The smallest absolute Gasteiger partial charge is 0.265 e.